The zero-order chi connectivity index (χ0) is 23.1. The molecule has 0 bridgehead atoms. The molecule has 168 valence electrons. The summed E-state index contributed by atoms with van der Waals surface area (Å²) in [5, 5.41) is 7.86. The van der Waals surface area contributed by atoms with Gasteiger partial charge in [0.1, 0.15) is 12.4 Å². The largest absolute Gasteiger partial charge is 0.472 e. The first-order valence-corrected chi connectivity index (χ1v) is 10.8. The number of pyridine rings is 2. The molecular weight excluding hydrogens is 423 g/mol. The predicted octanol–water partition coefficient (Wildman–Crippen LogP) is 3.64. The number of ether oxygens (including phenoxy) is 1. The lowest BCUT2D eigenvalue weighted by Gasteiger charge is -2.16. The Morgan fingerprint density at radius 1 is 1.15 bits per heavy atom. The SMILES string of the molecule is Cc1cc(-c2ccc(F)cn2)c(C)nc1OCc1c(C2CC2)cccc1-n1nnn(C)c1=O. The Kier molecular flexibility index (Phi) is 5.24. The van der Waals surface area contributed by atoms with Gasteiger partial charge >= 0.3 is 5.69 Å². The van der Waals surface area contributed by atoms with Crippen LogP contribution in [0.1, 0.15) is 41.1 Å². The number of hydrogen-bond donors (Lipinski definition) is 0. The van der Waals surface area contributed by atoms with Crippen molar-refractivity contribution in [2.75, 3.05) is 0 Å². The maximum Gasteiger partial charge on any atom is 0.368 e. The highest BCUT2D eigenvalue weighted by Gasteiger charge is 2.28. The highest BCUT2D eigenvalue weighted by Crippen LogP contribution is 2.43. The molecule has 9 heteroatoms. The van der Waals surface area contributed by atoms with E-state index >= 15 is 0 Å². The Labute approximate surface area is 189 Å². The number of rotatable bonds is 6. The minimum Gasteiger partial charge on any atom is -0.472 e. The van der Waals surface area contributed by atoms with Gasteiger partial charge in [-0.1, -0.05) is 12.1 Å². The first-order valence-electron chi connectivity index (χ1n) is 10.8. The quantitative estimate of drug-likeness (QED) is 0.449. The van der Waals surface area contributed by atoms with E-state index < -0.39 is 0 Å². The van der Waals surface area contributed by atoms with Crippen molar-refractivity contribution in [1.29, 1.82) is 0 Å². The van der Waals surface area contributed by atoms with Crippen molar-refractivity contribution in [2.45, 2.75) is 39.2 Å². The van der Waals surface area contributed by atoms with Gasteiger partial charge in [0.15, 0.2) is 0 Å². The van der Waals surface area contributed by atoms with E-state index in [1.54, 1.807) is 13.1 Å². The normalized spacial score (nSPS) is 13.3. The van der Waals surface area contributed by atoms with Crippen LogP contribution in [0.4, 0.5) is 4.39 Å². The van der Waals surface area contributed by atoms with Gasteiger partial charge in [-0.3, -0.25) is 4.98 Å². The third kappa shape index (κ3) is 4.02. The van der Waals surface area contributed by atoms with Crippen molar-refractivity contribution in [1.82, 2.24) is 29.8 Å². The molecule has 0 radical (unpaired) electrons. The molecule has 1 saturated carbocycles. The molecule has 0 amide bonds. The predicted molar refractivity (Wildman–Crippen MR) is 120 cm³/mol. The highest BCUT2D eigenvalue weighted by molar-refractivity contribution is 5.63. The van der Waals surface area contributed by atoms with Gasteiger partial charge in [-0.25, -0.2) is 14.2 Å². The molecule has 1 aromatic carbocycles. The Bertz CT molecular complexity index is 1390. The molecule has 8 nitrogen and oxygen atoms in total. The smallest absolute Gasteiger partial charge is 0.368 e. The second-order valence-electron chi connectivity index (χ2n) is 8.31. The van der Waals surface area contributed by atoms with Crippen LogP contribution in [0.15, 0.2) is 47.4 Å². The zero-order valence-electron chi connectivity index (χ0n) is 18.6. The molecule has 0 N–H and O–H groups in total. The fourth-order valence-electron chi connectivity index (χ4n) is 3.95. The van der Waals surface area contributed by atoms with E-state index in [1.165, 1.54) is 21.6 Å². The summed E-state index contributed by atoms with van der Waals surface area (Å²) in [4.78, 5) is 21.3. The number of aryl methyl sites for hydroxylation is 3. The van der Waals surface area contributed by atoms with Gasteiger partial charge in [0.25, 0.3) is 0 Å². The van der Waals surface area contributed by atoms with Crippen LogP contribution < -0.4 is 10.4 Å². The molecule has 3 heterocycles. The molecule has 33 heavy (non-hydrogen) atoms. The van der Waals surface area contributed by atoms with E-state index in [1.807, 2.05) is 32.0 Å². The number of benzene rings is 1. The summed E-state index contributed by atoms with van der Waals surface area (Å²) in [7, 11) is 1.57. The topological polar surface area (TPSA) is 87.7 Å². The number of nitrogens with zero attached hydrogens (tertiary/aromatic N) is 6. The highest BCUT2D eigenvalue weighted by atomic mass is 19.1. The molecular formula is C24H23FN6O2. The molecule has 0 spiro atoms. The van der Waals surface area contributed by atoms with Crippen molar-refractivity contribution >= 4 is 0 Å². The lowest BCUT2D eigenvalue weighted by atomic mass is 10.0. The number of tetrazole rings is 1. The van der Waals surface area contributed by atoms with E-state index in [2.05, 4.69) is 26.5 Å². The summed E-state index contributed by atoms with van der Waals surface area (Å²) in [5.41, 5.74) is 5.46. The minimum absolute atomic E-state index is 0.243. The Hall–Kier alpha value is -3.88. The molecule has 1 fully saturated rings. The van der Waals surface area contributed by atoms with Crippen molar-refractivity contribution < 1.29 is 9.13 Å². The summed E-state index contributed by atoms with van der Waals surface area (Å²) < 4.78 is 21.9. The van der Waals surface area contributed by atoms with Crippen LogP contribution in [-0.2, 0) is 13.7 Å². The van der Waals surface area contributed by atoms with Crippen molar-refractivity contribution in [2.24, 2.45) is 7.05 Å². The van der Waals surface area contributed by atoms with Crippen molar-refractivity contribution in [3.05, 3.63) is 81.3 Å². The Balaban J connectivity index is 1.48. The lowest BCUT2D eigenvalue weighted by molar-refractivity contribution is 0.289. The van der Waals surface area contributed by atoms with Gasteiger partial charge < -0.3 is 4.74 Å². The second-order valence-corrected chi connectivity index (χ2v) is 8.31. The number of aromatic nitrogens is 6. The zero-order valence-corrected chi connectivity index (χ0v) is 18.6. The molecule has 1 aliphatic rings. The van der Waals surface area contributed by atoms with Gasteiger partial charge in [0, 0.05) is 23.7 Å². The second kappa shape index (κ2) is 8.23. The maximum absolute atomic E-state index is 13.3. The van der Waals surface area contributed by atoms with Crippen LogP contribution in [0.2, 0.25) is 0 Å². The van der Waals surface area contributed by atoms with E-state index in [4.69, 9.17) is 4.74 Å². The number of hydrogen-bond acceptors (Lipinski definition) is 6. The van der Waals surface area contributed by atoms with Crippen LogP contribution in [0.5, 0.6) is 5.88 Å². The van der Waals surface area contributed by atoms with E-state index in [9.17, 15) is 9.18 Å². The van der Waals surface area contributed by atoms with Crippen LogP contribution in [0.3, 0.4) is 0 Å². The maximum atomic E-state index is 13.3. The van der Waals surface area contributed by atoms with Gasteiger partial charge in [-0.2, -0.15) is 9.36 Å². The summed E-state index contributed by atoms with van der Waals surface area (Å²) in [6, 6.07) is 10.8. The van der Waals surface area contributed by atoms with E-state index in [-0.39, 0.29) is 18.1 Å². The Morgan fingerprint density at radius 3 is 2.64 bits per heavy atom. The summed E-state index contributed by atoms with van der Waals surface area (Å²) in [6.45, 7) is 4.03. The van der Waals surface area contributed by atoms with Crippen LogP contribution >= 0.6 is 0 Å². The van der Waals surface area contributed by atoms with Gasteiger partial charge in [0.05, 0.1) is 23.3 Å². The average Bonchev–Trinajstić information content (AvgIpc) is 3.60. The van der Waals surface area contributed by atoms with E-state index in [0.29, 0.717) is 23.2 Å². The molecule has 0 atom stereocenters. The van der Waals surface area contributed by atoms with Crippen LogP contribution in [0, 0.1) is 19.7 Å². The molecule has 5 rings (SSSR count). The molecule has 1 aliphatic carbocycles. The standard InChI is InChI=1S/C24H23FN6O2/c1-14-11-19(21-10-9-17(25)12-26-21)15(2)27-23(14)33-13-20-18(16-7-8-16)5-4-6-22(20)31-24(32)30(3)28-29-31/h4-6,9-12,16H,7-8,13H2,1-3H3. The molecule has 0 aliphatic heterocycles. The van der Waals surface area contributed by atoms with Gasteiger partial charge in [0.2, 0.25) is 5.88 Å². The number of halogens is 1. The monoisotopic (exact) mass is 446 g/mol. The summed E-state index contributed by atoms with van der Waals surface area (Å²) >= 11 is 0. The van der Waals surface area contributed by atoms with E-state index in [0.717, 1.165) is 40.8 Å². The lowest BCUT2D eigenvalue weighted by Crippen LogP contribution is -2.23. The molecule has 3 aromatic heterocycles. The van der Waals surface area contributed by atoms with Gasteiger partial charge in [-0.05, 0) is 72.9 Å². The summed E-state index contributed by atoms with van der Waals surface area (Å²) in [5.74, 6) is 0.577. The third-order valence-corrected chi connectivity index (χ3v) is 5.87. The Morgan fingerprint density at radius 2 is 1.97 bits per heavy atom. The fraction of sp³-hybridized carbons (Fsp3) is 0.292. The first kappa shape index (κ1) is 21.0. The molecule has 4 aromatic rings. The first-order chi connectivity index (χ1) is 15.9. The van der Waals surface area contributed by atoms with Crippen molar-refractivity contribution in [3.8, 4) is 22.8 Å². The summed E-state index contributed by atoms with van der Waals surface area (Å²) in [6.07, 6.45) is 3.42. The van der Waals surface area contributed by atoms with Gasteiger partial charge in [-0.15, -0.1) is 0 Å². The minimum atomic E-state index is -0.381. The van der Waals surface area contributed by atoms with Crippen LogP contribution in [-0.4, -0.2) is 29.8 Å². The van der Waals surface area contributed by atoms with Crippen LogP contribution in [0.25, 0.3) is 16.9 Å². The molecule has 0 saturated heterocycles. The fourth-order valence-corrected chi connectivity index (χ4v) is 3.95. The third-order valence-electron chi connectivity index (χ3n) is 5.87. The van der Waals surface area contributed by atoms with Crippen molar-refractivity contribution in [3.63, 3.8) is 0 Å². The average molecular weight is 446 g/mol. The molecule has 0 unspecified atom stereocenters.